The molecule has 0 aromatic carbocycles. The van der Waals surface area contributed by atoms with Crippen LogP contribution in [0.1, 0.15) is 5.56 Å². The fourth-order valence-corrected chi connectivity index (χ4v) is 2.04. The summed E-state index contributed by atoms with van der Waals surface area (Å²) in [7, 11) is 0. The lowest BCUT2D eigenvalue weighted by molar-refractivity contribution is -0.137. The molecule has 0 saturated heterocycles. The fraction of sp³-hybridized carbons (Fsp3) is 0.100. The van der Waals surface area contributed by atoms with Gasteiger partial charge in [-0.3, -0.25) is 0 Å². The van der Waals surface area contributed by atoms with Crippen molar-refractivity contribution in [2.75, 3.05) is 0 Å². The number of aromatic nitrogens is 4. The van der Waals surface area contributed by atoms with Gasteiger partial charge in [0.15, 0.2) is 5.65 Å². The molecular formula is C10H4ClF3N4OS. The van der Waals surface area contributed by atoms with E-state index in [1.54, 1.807) is 0 Å². The zero-order chi connectivity index (χ0) is 14.5. The summed E-state index contributed by atoms with van der Waals surface area (Å²) >= 11 is 10.5. The predicted octanol–water partition coefficient (Wildman–Crippen LogP) is 3.72. The average molecular weight is 321 g/mol. The molecule has 104 valence electrons. The number of nitrogens with one attached hydrogen (secondary N) is 1. The maximum absolute atomic E-state index is 12.7. The van der Waals surface area contributed by atoms with Gasteiger partial charge in [-0.05, 0) is 18.3 Å². The molecule has 0 spiro atoms. The molecule has 0 amide bonds. The molecule has 5 nitrogen and oxygen atoms in total. The summed E-state index contributed by atoms with van der Waals surface area (Å²) in [6.45, 7) is 0. The molecule has 3 aromatic heterocycles. The Labute approximate surface area is 119 Å². The zero-order valence-electron chi connectivity index (χ0n) is 9.40. The van der Waals surface area contributed by atoms with Gasteiger partial charge in [-0.1, -0.05) is 11.6 Å². The van der Waals surface area contributed by atoms with Gasteiger partial charge < -0.3 is 8.82 Å². The van der Waals surface area contributed by atoms with Crippen molar-refractivity contribution in [2.24, 2.45) is 0 Å². The summed E-state index contributed by atoms with van der Waals surface area (Å²) in [6.07, 6.45) is -2.28. The molecule has 0 radical (unpaired) electrons. The lowest BCUT2D eigenvalue weighted by Crippen LogP contribution is -2.06. The molecule has 10 heteroatoms. The molecule has 0 bridgehead atoms. The first-order valence-corrected chi connectivity index (χ1v) is 5.94. The van der Waals surface area contributed by atoms with E-state index in [2.05, 4.69) is 15.2 Å². The smallest absolute Gasteiger partial charge is 0.408 e. The molecule has 0 aliphatic heterocycles. The van der Waals surface area contributed by atoms with E-state index in [0.29, 0.717) is 0 Å². The highest BCUT2D eigenvalue weighted by Gasteiger charge is 2.32. The van der Waals surface area contributed by atoms with Gasteiger partial charge in [0, 0.05) is 12.4 Å². The predicted molar refractivity (Wildman–Crippen MR) is 65.9 cm³/mol. The van der Waals surface area contributed by atoms with Gasteiger partial charge in [0.05, 0.1) is 10.6 Å². The first-order valence-electron chi connectivity index (χ1n) is 5.16. The van der Waals surface area contributed by atoms with Crippen molar-refractivity contribution in [2.45, 2.75) is 6.18 Å². The number of aromatic amines is 1. The van der Waals surface area contributed by atoms with Gasteiger partial charge in [-0.15, -0.1) is 5.10 Å². The van der Waals surface area contributed by atoms with E-state index in [1.807, 2.05) is 0 Å². The Balaban J connectivity index is 2.21. The summed E-state index contributed by atoms with van der Waals surface area (Å²) in [5.74, 6) is 0.0725. The van der Waals surface area contributed by atoms with Crippen molar-refractivity contribution < 1.29 is 17.6 Å². The highest BCUT2D eigenvalue weighted by atomic mass is 35.5. The second-order valence-corrected chi connectivity index (χ2v) is 4.63. The van der Waals surface area contributed by atoms with Gasteiger partial charge in [0.1, 0.15) is 5.69 Å². The molecule has 0 saturated carbocycles. The molecule has 3 heterocycles. The molecule has 0 atom stereocenters. The molecular weight excluding hydrogens is 317 g/mol. The highest BCUT2D eigenvalue weighted by molar-refractivity contribution is 7.71. The Kier molecular flexibility index (Phi) is 2.83. The number of halogens is 4. The Morgan fingerprint density at radius 2 is 2.10 bits per heavy atom. The van der Waals surface area contributed by atoms with Gasteiger partial charge in [0.25, 0.3) is 10.7 Å². The first kappa shape index (κ1) is 13.1. The van der Waals surface area contributed by atoms with Crippen molar-refractivity contribution in [1.82, 2.24) is 19.6 Å². The van der Waals surface area contributed by atoms with Gasteiger partial charge >= 0.3 is 6.18 Å². The zero-order valence-corrected chi connectivity index (χ0v) is 11.0. The minimum atomic E-state index is -4.49. The van der Waals surface area contributed by atoms with E-state index < -0.39 is 11.7 Å². The quantitative estimate of drug-likeness (QED) is 0.694. The van der Waals surface area contributed by atoms with E-state index in [1.165, 1.54) is 6.20 Å². The van der Waals surface area contributed by atoms with Gasteiger partial charge in [0.2, 0.25) is 0 Å². The van der Waals surface area contributed by atoms with Crippen molar-refractivity contribution in [3.63, 3.8) is 0 Å². The van der Waals surface area contributed by atoms with Crippen LogP contribution in [0.2, 0.25) is 5.02 Å². The van der Waals surface area contributed by atoms with E-state index in [4.69, 9.17) is 28.2 Å². The van der Waals surface area contributed by atoms with Crippen molar-refractivity contribution in [1.29, 1.82) is 0 Å². The number of hydrogen-bond donors (Lipinski definition) is 1. The average Bonchev–Trinajstić information content (AvgIpc) is 2.93. The second kappa shape index (κ2) is 4.32. The molecule has 0 fully saturated rings. The van der Waals surface area contributed by atoms with Crippen LogP contribution in [0.3, 0.4) is 0 Å². The van der Waals surface area contributed by atoms with Crippen LogP contribution in [0.25, 0.3) is 17.2 Å². The van der Waals surface area contributed by atoms with Crippen LogP contribution in [0.15, 0.2) is 22.9 Å². The monoisotopic (exact) mass is 320 g/mol. The number of hydrogen-bond acceptors (Lipinski definition) is 4. The number of imidazole rings is 1. The molecule has 0 aliphatic carbocycles. The highest BCUT2D eigenvalue weighted by Crippen LogP contribution is 2.32. The van der Waals surface area contributed by atoms with Crippen LogP contribution in [0.4, 0.5) is 13.2 Å². The standard InChI is InChI=1S/C10H4ClF3N4OS/c11-5-1-4(10(12,13)14)2-18-3-6(15-7(5)18)8-16-17-9(20)19-8/h1-3H,(H,17,20). The topological polar surface area (TPSA) is 59.1 Å². The number of pyridine rings is 1. The van der Waals surface area contributed by atoms with Crippen molar-refractivity contribution in [3.05, 3.63) is 33.9 Å². The number of fused-ring (bicyclic) bond motifs is 1. The lowest BCUT2D eigenvalue weighted by Gasteiger charge is -2.07. The third-order valence-corrected chi connectivity index (χ3v) is 2.94. The molecule has 20 heavy (non-hydrogen) atoms. The van der Waals surface area contributed by atoms with Crippen LogP contribution in [-0.2, 0) is 6.18 Å². The third kappa shape index (κ3) is 2.18. The summed E-state index contributed by atoms with van der Waals surface area (Å²) in [5, 5.41) is 6.02. The molecule has 0 unspecified atom stereocenters. The summed E-state index contributed by atoms with van der Waals surface area (Å²) in [4.78, 5) is 4.10. The normalized spacial score (nSPS) is 12.2. The molecule has 0 aliphatic rings. The Morgan fingerprint density at radius 3 is 2.70 bits per heavy atom. The van der Waals surface area contributed by atoms with Crippen molar-refractivity contribution >= 4 is 29.5 Å². The Bertz CT molecular complexity index is 850. The van der Waals surface area contributed by atoms with Crippen molar-refractivity contribution in [3.8, 4) is 11.6 Å². The van der Waals surface area contributed by atoms with Crippen LogP contribution >= 0.6 is 23.8 Å². The minimum absolute atomic E-state index is 0.0409. The van der Waals surface area contributed by atoms with E-state index in [0.717, 1.165) is 16.7 Å². The summed E-state index contributed by atoms with van der Waals surface area (Å²) in [5.41, 5.74) is -0.487. The molecule has 3 rings (SSSR count). The Morgan fingerprint density at radius 1 is 1.35 bits per heavy atom. The van der Waals surface area contributed by atoms with E-state index in [-0.39, 0.29) is 27.1 Å². The van der Waals surface area contributed by atoms with Crippen LogP contribution < -0.4 is 0 Å². The van der Waals surface area contributed by atoms with Gasteiger partial charge in [-0.25, -0.2) is 10.1 Å². The number of rotatable bonds is 1. The van der Waals surface area contributed by atoms with E-state index in [9.17, 15) is 13.2 Å². The SMILES string of the molecule is FC(F)(F)c1cc(Cl)c2nc(-c3n[nH]c(=S)o3)cn2c1. The van der Waals surface area contributed by atoms with Crippen LogP contribution in [-0.4, -0.2) is 19.6 Å². The first-order chi connectivity index (χ1) is 9.34. The largest absolute Gasteiger partial charge is 0.417 e. The Hall–Kier alpha value is -1.87. The van der Waals surface area contributed by atoms with Gasteiger partial charge in [-0.2, -0.15) is 13.2 Å². The third-order valence-electron chi connectivity index (χ3n) is 2.49. The number of nitrogens with zero attached hydrogens (tertiary/aromatic N) is 3. The molecule has 3 aromatic rings. The summed E-state index contributed by atoms with van der Waals surface area (Å²) in [6, 6.07) is 0.813. The second-order valence-electron chi connectivity index (χ2n) is 3.85. The van der Waals surface area contributed by atoms with Crippen LogP contribution in [0, 0.1) is 4.84 Å². The van der Waals surface area contributed by atoms with Crippen LogP contribution in [0.5, 0.6) is 0 Å². The number of alkyl halides is 3. The lowest BCUT2D eigenvalue weighted by atomic mass is 10.3. The summed E-state index contributed by atoms with van der Waals surface area (Å²) < 4.78 is 44.3. The number of H-pyrrole nitrogens is 1. The maximum atomic E-state index is 12.7. The maximum Gasteiger partial charge on any atom is 0.417 e. The molecule has 1 N–H and O–H groups in total. The van der Waals surface area contributed by atoms with E-state index >= 15 is 0 Å². The fourth-order valence-electron chi connectivity index (χ4n) is 1.65. The minimum Gasteiger partial charge on any atom is -0.408 e.